The number of allylic oxidation sites excluding steroid dienone is 1. The fourth-order valence-electron chi connectivity index (χ4n) is 4.95. The van der Waals surface area contributed by atoms with Crippen LogP contribution in [0.25, 0.3) is 0 Å². The molecule has 0 spiro atoms. The standard InChI is InChI=1S/C28H25F3N2O3/c1-35-24-12-9-17(15-25(24)36-2)18-13-22-26(23(34)14-18)27(33-21-6-4-3-5-20(21)32-22)16-7-10-19(11-8-16)28(29,30)31/h3-12,15,18,27,32-33H,13-14H2,1-2H3/t18-,27-/m0/s1. The van der Waals surface area contributed by atoms with Crippen LogP contribution in [0.5, 0.6) is 11.5 Å². The first-order valence-corrected chi connectivity index (χ1v) is 11.6. The summed E-state index contributed by atoms with van der Waals surface area (Å²) >= 11 is 0. The Hall–Kier alpha value is -3.94. The highest BCUT2D eigenvalue weighted by molar-refractivity contribution is 6.01. The Morgan fingerprint density at radius 2 is 1.50 bits per heavy atom. The van der Waals surface area contributed by atoms with Crippen molar-refractivity contribution < 1.29 is 27.4 Å². The highest BCUT2D eigenvalue weighted by atomic mass is 19.4. The summed E-state index contributed by atoms with van der Waals surface area (Å²) in [5.74, 6) is 1.04. The molecule has 0 bridgehead atoms. The van der Waals surface area contributed by atoms with Crippen LogP contribution in [0.15, 0.2) is 78.0 Å². The van der Waals surface area contributed by atoms with Crippen molar-refractivity contribution in [1.82, 2.24) is 0 Å². The van der Waals surface area contributed by atoms with Crippen molar-refractivity contribution >= 4 is 17.2 Å². The number of anilines is 2. The Bertz CT molecular complexity index is 1330. The maximum Gasteiger partial charge on any atom is 0.416 e. The Kier molecular flexibility index (Phi) is 6.12. The predicted molar refractivity (Wildman–Crippen MR) is 131 cm³/mol. The molecule has 5 rings (SSSR count). The van der Waals surface area contributed by atoms with E-state index in [2.05, 4.69) is 10.6 Å². The molecular weight excluding hydrogens is 469 g/mol. The first-order chi connectivity index (χ1) is 17.3. The molecule has 0 fully saturated rings. The number of halogens is 3. The van der Waals surface area contributed by atoms with Crippen molar-refractivity contribution in [1.29, 1.82) is 0 Å². The second kappa shape index (κ2) is 9.26. The van der Waals surface area contributed by atoms with E-state index in [1.165, 1.54) is 12.1 Å². The number of hydrogen-bond donors (Lipinski definition) is 2. The number of para-hydroxylation sites is 2. The Balaban J connectivity index is 1.56. The summed E-state index contributed by atoms with van der Waals surface area (Å²) in [4.78, 5) is 13.6. The molecule has 0 unspecified atom stereocenters. The molecule has 186 valence electrons. The van der Waals surface area contributed by atoms with Gasteiger partial charge in [-0.15, -0.1) is 0 Å². The third kappa shape index (κ3) is 4.39. The molecule has 36 heavy (non-hydrogen) atoms. The third-order valence-electron chi connectivity index (χ3n) is 6.76. The van der Waals surface area contributed by atoms with Crippen LogP contribution < -0.4 is 20.1 Å². The second-order valence-electron chi connectivity index (χ2n) is 8.90. The second-order valence-corrected chi connectivity index (χ2v) is 8.90. The number of nitrogens with one attached hydrogen (secondary N) is 2. The summed E-state index contributed by atoms with van der Waals surface area (Å²) in [6, 6.07) is 17.6. The van der Waals surface area contributed by atoms with Crippen LogP contribution in [0.4, 0.5) is 24.5 Å². The highest BCUT2D eigenvalue weighted by Gasteiger charge is 2.37. The van der Waals surface area contributed by atoms with E-state index in [1.54, 1.807) is 14.2 Å². The molecule has 1 heterocycles. The monoisotopic (exact) mass is 494 g/mol. The van der Waals surface area contributed by atoms with Gasteiger partial charge in [-0.1, -0.05) is 30.3 Å². The molecule has 8 heteroatoms. The van der Waals surface area contributed by atoms with Gasteiger partial charge in [0, 0.05) is 17.7 Å². The van der Waals surface area contributed by atoms with Gasteiger partial charge in [-0.2, -0.15) is 13.2 Å². The van der Waals surface area contributed by atoms with Gasteiger partial charge < -0.3 is 20.1 Å². The predicted octanol–water partition coefficient (Wildman–Crippen LogP) is 6.70. The zero-order valence-corrected chi connectivity index (χ0v) is 19.8. The van der Waals surface area contributed by atoms with E-state index >= 15 is 0 Å². The van der Waals surface area contributed by atoms with Crippen LogP contribution in [0, 0.1) is 0 Å². The lowest BCUT2D eigenvalue weighted by atomic mass is 9.78. The lowest BCUT2D eigenvalue weighted by Gasteiger charge is -2.30. The number of carbonyl (C=O) groups is 1. The van der Waals surface area contributed by atoms with E-state index in [-0.39, 0.29) is 18.1 Å². The van der Waals surface area contributed by atoms with Crippen LogP contribution in [0.3, 0.4) is 0 Å². The number of hydrogen-bond acceptors (Lipinski definition) is 5. The number of alkyl halides is 3. The number of ketones is 1. The van der Waals surface area contributed by atoms with Gasteiger partial charge >= 0.3 is 6.18 Å². The molecule has 3 aromatic carbocycles. The molecule has 0 aromatic heterocycles. The van der Waals surface area contributed by atoms with Gasteiger partial charge in [0.2, 0.25) is 0 Å². The average molecular weight is 495 g/mol. The molecule has 3 aromatic rings. The molecule has 2 aliphatic rings. The Morgan fingerprint density at radius 3 is 2.17 bits per heavy atom. The lowest BCUT2D eigenvalue weighted by molar-refractivity contribution is -0.137. The normalized spacial score (nSPS) is 19.4. The summed E-state index contributed by atoms with van der Waals surface area (Å²) in [7, 11) is 3.14. The van der Waals surface area contributed by atoms with Gasteiger partial charge in [-0.25, -0.2) is 0 Å². The van der Waals surface area contributed by atoms with Gasteiger partial charge in [0.15, 0.2) is 17.3 Å². The quantitative estimate of drug-likeness (QED) is 0.423. The molecule has 0 amide bonds. The van der Waals surface area contributed by atoms with E-state index in [0.717, 1.165) is 34.8 Å². The maximum absolute atomic E-state index is 13.6. The van der Waals surface area contributed by atoms with E-state index in [9.17, 15) is 18.0 Å². The molecule has 2 N–H and O–H groups in total. The van der Waals surface area contributed by atoms with Crippen LogP contribution in [0.2, 0.25) is 0 Å². The van der Waals surface area contributed by atoms with E-state index < -0.39 is 17.8 Å². The summed E-state index contributed by atoms with van der Waals surface area (Å²) in [6.45, 7) is 0. The zero-order valence-electron chi connectivity index (χ0n) is 19.8. The molecule has 0 saturated carbocycles. The van der Waals surface area contributed by atoms with Crippen LogP contribution in [-0.2, 0) is 11.0 Å². The van der Waals surface area contributed by atoms with E-state index in [4.69, 9.17) is 9.47 Å². The van der Waals surface area contributed by atoms with Crippen molar-refractivity contribution in [2.24, 2.45) is 0 Å². The SMILES string of the molecule is COc1ccc([C@@H]2CC(=O)C3=C(C2)Nc2ccccc2N[C@H]3c2ccc(C(F)(F)F)cc2)cc1OC. The van der Waals surface area contributed by atoms with Crippen LogP contribution in [-0.4, -0.2) is 20.0 Å². The largest absolute Gasteiger partial charge is 0.493 e. The van der Waals surface area contributed by atoms with Crippen LogP contribution >= 0.6 is 0 Å². The van der Waals surface area contributed by atoms with Gasteiger partial charge in [0.1, 0.15) is 0 Å². The first kappa shape index (κ1) is 23.8. The molecular formula is C28H25F3N2O3. The first-order valence-electron chi connectivity index (χ1n) is 11.6. The van der Waals surface area contributed by atoms with Gasteiger partial charge in [0.05, 0.1) is 37.2 Å². The van der Waals surface area contributed by atoms with Crippen molar-refractivity contribution in [2.45, 2.75) is 31.0 Å². The Labute approximate surface area is 206 Å². The fourth-order valence-corrected chi connectivity index (χ4v) is 4.95. The average Bonchev–Trinajstić information content (AvgIpc) is 3.04. The molecule has 0 saturated heterocycles. The number of rotatable bonds is 4. The zero-order chi connectivity index (χ0) is 25.4. The van der Waals surface area contributed by atoms with Crippen molar-refractivity contribution in [3.63, 3.8) is 0 Å². The molecule has 2 atom stereocenters. The van der Waals surface area contributed by atoms with Gasteiger partial charge in [-0.05, 0) is 59.9 Å². The van der Waals surface area contributed by atoms with Crippen molar-refractivity contribution in [3.05, 3.63) is 94.7 Å². The smallest absolute Gasteiger partial charge is 0.416 e. The van der Waals surface area contributed by atoms with Crippen LogP contribution in [0.1, 0.15) is 41.5 Å². The Morgan fingerprint density at radius 1 is 0.833 bits per heavy atom. The minimum atomic E-state index is -4.43. The number of methoxy groups -OCH3 is 2. The number of Topliss-reactive ketones (excluding diaryl/α,β-unsaturated/α-hetero) is 1. The highest BCUT2D eigenvalue weighted by Crippen LogP contribution is 2.45. The van der Waals surface area contributed by atoms with E-state index in [1.807, 2.05) is 42.5 Å². The van der Waals surface area contributed by atoms with Crippen molar-refractivity contribution in [3.8, 4) is 11.5 Å². The summed E-state index contributed by atoms with van der Waals surface area (Å²) < 4.78 is 50.3. The number of fused-ring (bicyclic) bond motifs is 1. The van der Waals surface area contributed by atoms with Gasteiger partial charge in [-0.3, -0.25) is 4.79 Å². The number of carbonyl (C=O) groups excluding carboxylic acids is 1. The molecule has 1 aliphatic carbocycles. The lowest BCUT2D eigenvalue weighted by Crippen LogP contribution is -2.27. The molecule has 0 radical (unpaired) electrons. The third-order valence-corrected chi connectivity index (χ3v) is 6.76. The number of benzene rings is 3. The summed E-state index contributed by atoms with van der Waals surface area (Å²) in [6.07, 6.45) is -3.60. The van der Waals surface area contributed by atoms with Crippen molar-refractivity contribution in [2.75, 3.05) is 24.9 Å². The maximum atomic E-state index is 13.6. The fraction of sp³-hybridized carbons (Fsp3) is 0.250. The minimum Gasteiger partial charge on any atom is -0.493 e. The summed E-state index contributed by atoms with van der Waals surface area (Å²) in [5, 5.41) is 6.83. The molecule has 1 aliphatic heterocycles. The summed E-state index contributed by atoms with van der Waals surface area (Å²) in [5.41, 5.74) is 3.69. The number of ether oxygens (including phenoxy) is 2. The molecule has 5 nitrogen and oxygen atoms in total. The van der Waals surface area contributed by atoms with Gasteiger partial charge in [0.25, 0.3) is 0 Å². The minimum absolute atomic E-state index is 0.0614. The van der Waals surface area contributed by atoms with E-state index in [0.29, 0.717) is 29.1 Å². The topological polar surface area (TPSA) is 59.6 Å².